The Bertz CT molecular complexity index is 275. The van der Waals surface area contributed by atoms with Gasteiger partial charge in [0.25, 0.3) is 0 Å². The van der Waals surface area contributed by atoms with E-state index >= 15 is 0 Å². The lowest BCUT2D eigenvalue weighted by Gasteiger charge is -2.27. The van der Waals surface area contributed by atoms with Crippen LogP contribution in [-0.4, -0.2) is 18.0 Å². The van der Waals surface area contributed by atoms with E-state index in [2.05, 4.69) is 5.32 Å². The molecule has 16 heavy (non-hydrogen) atoms. The van der Waals surface area contributed by atoms with Crippen LogP contribution in [0.4, 0.5) is 0 Å². The van der Waals surface area contributed by atoms with Crippen LogP contribution in [0.25, 0.3) is 0 Å². The van der Waals surface area contributed by atoms with Crippen LogP contribution in [-0.2, 0) is 4.79 Å². The highest BCUT2D eigenvalue weighted by molar-refractivity contribution is 5.77. The number of fused-ring (bicyclic) bond motifs is 2. The maximum Gasteiger partial charge on any atom is 0.220 e. The van der Waals surface area contributed by atoms with E-state index in [1.165, 1.54) is 25.7 Å². The van der Waals surface area contributed by atoms with Crippen LogP contribution in [0.2, 0.25) is 0 Å². The summed E-state index contributed by atoms with van der Waals surface area (Å²) in [6, 6.07) is 0. The Kier molecular flexibility index (Phi) is 3.24. The second kappa shape index (κ2) is 4.36. The van der Waals surface area contributed by atoms with E-state index in [-0.39, 0.29) is 11.4 Å². The molecule has 3 unspecified atom stereocenters. The Hall–Kier alpha value is -0.570. The fourth-order valence-electron chi connectivity index (χ4n) is 3.34. The summed E-state index contributed by atoms with van der Waals surface area (Å²) in [7, 11) is 0. The number of hydrogen-bond donors (Lipinski definition) is 2. The summed E-state index contributed by atoms with van der Waals surface area (Å²) >= 11 is 0. The quantitative estimate of drug-likeness (QED) is 0.763. The summed E-state index contributed by atoms with van der Waals surface area (Å²) in [5.74, 6) is 2.59. The van der Waals surface area contributed by atoms with Crippen LogP contribution in [0.15, 0.2) is 0 Å². The molecular weight excluding hydrogens is 200 g/mol. The van der Waals surface area contributed by atoms with Gasteiger partial charge in [0.2, 0.25) is 5.91 Å². The van der Waals surface area contributed by atoms with Crippen LogP contribution in [0.5, 0.6) is 0 Å². The summed E-state index contributed by atoms with van der Waals surface area (Å²) in [5.41, 5.74) is 5.35. The number of nitrogens with one attached hydrogen (secondary N) is 1. The zero-order chi connectivity index (χ0) is 11.8. The molecule has 2 saturated carbocycles. The number of nitrogens with two attached hydrogens (primary N) is 1. The first kappa shape index (κ1) is 11.9. The monoisotopic (exact) mass is 224 g/mol. The van der Waals surface area contributed by atoms with E-state index in [9.17, 15) is 4.79 Å². The third kappa shape index (κ3) is 2.57. The highest BCUT2D eigenvalue weighted by atomic mass is 16.1. The van der Waals surface area contributed by atoms with E-state index in [0.29, 0.717) is 18.9 Å². The van der Waals surface area contributed by atoms with Gasteiger partial charge in [0.05, 0.1) is 0 Å². The van der Waals surface area contributed by atoms with Crippen molar-refractivity contribution in [2.75, 3.05) is 6.54 Å². The first-order chi connectivity index (χ1) is 7.50. The minimum atomic E-state index is -0.255. The molecule has 0 saturated heterocycles. The molecule has 2 rings (SSSR count). The molecule has 0 radical (unpaired) electrons. The van der Waals surface area contributed by atoms with Crippen molar-refractivity contribution in [3.05, 3.63) is 0 Å². The van der Waals surface area contributed by atoms with Gasteiger partial charge in [0, 0.05) is 18.5 Å². The predicted molar refractivity (Wildman–Crippen MR) is 64.8 cm³/mol. The molecule has 2 bridgehead atoms. The van der Waals surface area contributed by atoms with Gasteiger partial charge in [-0.2, -0.15) is 0 Å². The van der Waals surface area contributed by atoms with Crippen molar-refractivity contribution in [1.29, 1.82) is 0 Å². The molecule has 0 aromatic rings. The molecule has 3 N–H and O–H groups in total. The molecule has 1 amide bonds. The smallest absolute Gasteiger partial charge is 0.220 e. The third-order valence-electron chi connectivity index (χ3n) is 4.32. The Labute approximate surface area is 98.2 Å². The zero-order valence-corrected chi connectivity index (χ0v) is 10.5. The minimum Gasteiger partial charge on any atom is -0.350 e. The fraction of sp³-hybridized carbons (Fsp3) is 0.923. The van der Waals surface area contributed by atoms with Gasteiger partial charge in [-0.3, -0.25) is 4.79 Å². The normalized spacial score (nSPS) is 33.1. The lowest BCUT2D eigenvalue weighted by Crippen LogP contribution is -2.49. The molecule has 0 aromatic heterocycles. The third-order valence-corrected chi connectivity index (χ3v) is 4.32. The van der Waals surface area contributed by atoms with Gasteiger partial charge >= 0.3 is 0 Å². The van der Waals surface area contributed by atoms with Crippen LogP contribution >= 0.6 is 0 Å². The fourth-order valence-corrected chi connectivity index (χ4v) is 3.34. The molecular formula is C13H24N2O. The van der Waals surface area contributed by atoms with Gasteiger partial charge in [-0.25, -0.2) is 0 Å². The van der Waals surface area contributed by atoms with E-state index in [1.807, 2.05) is 13.8 Å². The second-order valence-electron chi connectivity index (χ2n) is 6.28. The van der Waals surface area contributed by atoms with E-state index < -0.39 is 0 Å². The highest BCUT2D eigenvalue weighted by Crippen LogP contribution is 2.49. The summed E-state index contributed by atoms with van der Waals surface area (Å²) < 4.78 is 0. The first-order valence-electron chi connectivity index (χ1n) is 6.51. The van der Waals surface area contributed by atoms with E-state index in [1.54, 1.807) is 0 Å². The zero-order valence-electron chi connectivity index (χ0n) is 10.5. The summed E-state index contributed by atoms with van der Waals surface area (Å²) in [4.78, 5) is 11.9. The Morgan fingerprint density at radius 2 is 2.12 bits per heavy atom. The molecule has 2 aliphatic rings. The summed E-state index contributed by atoms with van der Waals surface area (Å²) in [5, 5.41) is 3.03. The lowest BCUT2D eigenvalue weighted by atomic mass is 9.86. The van der Waals surface area contributed by atoms with Crippen molar-refractivity contribution in [2.45, 2.75) is 51.5 Å². The van der Waals surface area contributed by atoms with Gasteiger partial charge in [-0.15, -0.1) is 0 Å². The van der Waals surface area contributed by atoms with Crippen LogP contribution in [0, 0.1) is 17.8 Å². The number of rotatable bonds is 4. The standard InChI is InChI=1S/C13H24N2O/c1-13(2,8-14)15-12(16)7-11-6-9-3-4-10(11)5-9/h9-11H,3-8,14H2,1-2H3,(H,15,16). The molecule has 0 heterocycles. The van der Waals surface area contributed by atoms with Gasteiger partial charge in [0.15, 0.2) is 0 Å². The molecule has 2 aliphatic carbocycles. The molecule has 0 aromatic carbocycles. The van der Waals surface area contributed by atoms with Crippen molar-refractivity contribution >= 4 is 5.91 Å². The number of amides is 1. The van der Waals surface area contributed by atoms with Crippen LogP contribution in [0.1, 0.15) is 46.0 Å². The Morgan fingerprint density at radius 1 is 1.38 bits per heavy atom. The molecule has 2 fully saturated rings. The van der Waals surface area contributed by atoms with Crippen LogP contribution in [0.3, 0.4) is 0 Å². The SMILES string of the molecule is CC(C)(CN)NC(=O)CC1CC2CCC1C2. The molecule has 0 spiro atoms. The highest BCUT2D eigenvalue weighted by Gasteiger charge is 2.40. The van der Waals surface area contributed by atoms with Crippen molar-refractivity contribution in [2.24, 2.45) is 23.5 Å². The predicted octanol–water partition coefficient (Wildman–Crippen LogP) is 1.67. The molecule has 92 valence electrons. The van der Waals surface area contributed by atoms with Gasteiger partial charge < -0.3 is 11.1 Å². The van der Waals surface area contributed by atoms with Crippen molar-refractivity contribution in [3.63, 3.8) is 0 Å². The Balaban J connectivity index is 1.80. The van der Waals surface area contributed by atoms with Crippen molar-refractivity contribution in [3.8, 4) is 0 Å². The second-order valence-corrected chi connectivity index (χ2v) is 6.28. The largest absolute Gasteiger partial charge is 0.350 e. The van der Waals surface area contributed by atoms with E-state index in [4.69, 9.17) is 5.73 Å². The van der Waals surface area contributed by atoms with Crippen LogP contribution < -0.4 is 11.1 Å². The van der Waals surface area contributed by atoms with E-state index in [0.717, 1.165) is 11.8 Å². The Morgan fingerprint density at radius 3 is 2.62 bits per heavy atom. The summed E-state index contributed by atoms with van der Waals surface area (Å²) in [6.45, 7) is 4.45. The molecule has 3 nitrogen and oxygen atoms in total. The summed E-state index contributed by atoms with van der Waals surface area (Å²) in [6.07, 6.45) is 6.12. The molecule has 3 heteroatoms. The minimum absolute atomic E-state index is 0.188. The number of carbonyl (C=O) groups is 1. The topological polar surface area (TPSA) is 55.1 Å². The average molecular weight is 224 g/mol. The van der Waals surface area contributed by atoms with Gasteiger partial charge in [-0.1, -0.05) is 6.42 Å². The maximum atomic E-state index is 11.9. The van der Waals surface area contributed by atoms with Gasteiger partial charge in [-0.05, 0) is 50.9 Å². The maximum absolute atomic E-state index is 11.9. The first-order valence-corrected chi connectivity index (χ1v) is 6.51. The van der Waals surface area contributed by atoms with Gasteiger partial charge in [0.1, 0.15) is 0 Å². The number of hydrogen-bond acceptors (Lipinski definition) is 2. The molecule has 0 aliphatic heterocycles. The molecule has 3 atom stereocenters. The lowest BCUT2D eigenvalue weighted by molar-refractivity contribution is -0.123. The van der Waals surface area contributed by atoms with Crippen molar-refractivity contribution < 1.29 is 4.79 Å². The number of carbonyl (C=O) groups excluding carboxylic acids is 1. The van der Waals surface area contributed by atoms with Crippen molar-refractivity contribution in [1.82, 2.24) is 5.32 Å². The average Bonchev–Trinajstić information content (AvgIpc) is 2.78.